The maximum absolute atomic E-state index is 13.4. The van der Waals surface area contributed by atoms with Crippen molar-refractivity contribution in [3.8, 4) is 6.07 Å². The molecule has 0 fully saturated rings. The summed E-state index contributed by atoms with van der Waals surface area (Å²) in [5, 5.41) is 13.7. The van der Waals surface area contributed by atoms with Crippen molar-refractivity contribution in [2.45, 2.75) is 13.5 Å². The predicted molar refractivity (Wildman–Crippen MR) is 61.5 cm³/mol. The van der Waals surface area contributed by atoms with E-state index in [1.807, 2.05) is 0 Å². The van der Waals surface area contributed by atoms with Gasteiger partial charge in [0.1, 0.15) is 11.6 Å². The van der Waals surface area contributed by atoms with Crippen LogP contribution in [0.2, 0.25) is 0 Å². The van der Waals surface area contributed by atoms with Crippen LogP contribution < -0.4 is 10.6 Å². The van der Waals surface area contributed by atoms with Crippen molar-refractivity contribution in [3.63, 3.8) is 0 Å². The maximum Gasteiger partial charge on any atom is 0.233 e. The summed E-state index contributed by atoms with van der Waals surface area (Å²) in [5.41, 5.74) is -0.254. The highest BCUT2D eigenvalue weighted by Gasteiger charge is 2.11. The minimum atomic E-state index is -0.796. The van der Waals surface area contributed by atoms with Crippen molar-refractivity contribution in [1.82, 2.24) is 10.6 Å². The number of rotatable bonds is 5. The molecule has 0 heterocycles. The lowest BCUT2D eigenvalue weighted by molar-refractivity contribution is -0.120. The summed E-state index contributed by atoms with van der Waals surface area (Å²) in [4.78, 5) is 11.1. The molecule has 0 aliphatic rings. The molecule has 0 saturated heterocycles. The Hall–Kier alpha value is -2.00. The molecule has 0 unspecified atom stereocenters. The molecule has 0 bridgehead atoms. The summed E-state index contributed by atoms with van der Waals surface area (Å²) in [6.07, 6.45) is 0. The second kappa shape index (κ2) is 6.67. The van der Waals surface area contributed by atoms with Crippen LogP contribution in [0.25, 0.3) is 0 Å². The molecule has 0 aliphatic heterocycles. The molecule has 1 aromatic rings. The fourth-order valence-electron chi connectivity index (χ4n) is 1.40. The first kappa shape index (κ1) is 14.1. The molecule has 0 saturated carbocycles. The molecule has 0 atom stereocenters. The van der Waals surface area contributed by atoms with E-state index < -0.39 is 11.6 Å². The van der Waals surface area contributed by atoms with Crippen LogP contribution in [0.5, 0.6) is 0 Å². The van der Waals surface area contributed by atoms with E-state index in [0.717, 1.165) is 12.1 Å². The molecular formula is C12H13F2N3O. The highest BCUT2D eigenvalue weighted by Crippen LogP contribution is 2.14. The van der Waals surface area contributed by atoms with Gasteiger partial charge in [-0.1, -0.05) is 0 Å². The van der Waals surface area contributed by atoms with Gasteiger partial charge in [-0.15, -0.1) is 0 Å². The molecule has 1 rings (SSSR count). The molecule has 1 amide bonds. The van der Waals surface area contributed by atoms with Gasteiger partial charge in [-0.25, -0.2) is 8.78 Å². The molecule has 0 aromatic heterocycles. The number of hydrogen-bond donors (Lipinski definition) is 2. The second-order valence-electron chi connectivity index (χ2n) is 3.59. The average molecular weight is 253 g/mol. The summed E-state index contributed by atoms with van der Waals surface area (Å²) in [6, 6.07) is 3.59. The van der Waals surface area contributed by atoms with Crippen molar-refractivity contribution in [1.29, 1.82) is 5.26 Å². The Morgan fingerprint density at radius 2 is 2.00 bits per heavy atom. The van der Waals surface area contributed by atoms with Crippen LogP contribution in [-0.2, 0) is 11.3 Å². The van der Waals surface area contributed by atoms with E-state index in [1.54, 1.807) is 13.0 Å². The molecule has 0 radical (unpaired) electrons. The Kier molecular flexibility index (Phi) is 5.21. The van der Waals surface area contributed by atoms with E-state index in [4.69, 9.17) is 5.26 Å². The number of carbonyl (C=O) groups is 1. The number of likely N-dealkylation sites (N-methyl/N-ethyl adjacent to an activating group) is 1. The van der Waals surface area contributed by atoms with Crippen LogP contribution in [0.4, 0.5) is 8.78 Å². The maximum atomic E-state index is 13.4. The Morgan fingerprint density at radius 1 is 1.39 bits per heavy atom. The minimum absolute atomic E-state index is 0.0211. The third kappa shape index (κ3) is 3.79. The topological polar surface area (TPSA) is 64.9 Å². The van der Waals surface area contributed by atoms with Crippen LogP contribution in [-0.4, -0.2) is 19.0 Å². The molecule has 1 aromatic carbocycles. The molecule has 0 aliphatic carbocycles. The number of halogens is 2. The van der Waals surface area contributed by atoms with Gasteiger partial charge < -0.3 is 10.6 Å². The van der Waals surface area contributed by atoms with Crippen LogP contribution in [0.3, 0.4) is 0 Å². The lowest BCUT2D eigenvalue weighted by Crippen LogP contribution is -2.33. The third-order valence-corrected chi connectivity index (χ3v) is 2.23. The Morgan fingerprint density at radius 3 is 2.50 bits per heavy atom. The number of nitrogens with one attached hydrogen (secondary N) is 2. The molecular weight excluding hydrogens is 240 g/mol. The predicted octanol–water partition coefficient (Wildman–Crippen LogP) is 1.06. The molecule has 2 N–H and O–H groups in total. The van der Waals surface area contributed by atoms with E-state index in [2.05, 4.69) is 10.6 Å². The molecule has 4 nitrogen and oxygen atoms in total. The first-order chi connectivity index (χ1) is 8.58. The number of benzene rings is 1. The largest absolute Gasteiger partial charge is 0.355 e. The Bertz CT molecular complexity index is 460. The number of amides is 1. The van der Waals surface area contributed by atoms with Gasteiger partial charge in [0.15, 0.2) is 0 Å². The number of carbonyl (C=O) groups excluding carboxylic acids is 1. The number of hydrogen-bond acceptors (Lipinski definition) is 3. The summed E-state index contributed by atoms with van der Waals surface area (Å²) >= 11 is 0. The van der Waals surface area contributed by atoms with Crippen LogP contribution in [0.15, 0.2) is 12.1 Å². The summed E-state index contributed by atoms with van der Waals surface area (Å²) in [6.45, 7) is 2.14. The summed E-state index contributed by atoms with van der Waals surface area (Å²) < 4.78 is 26.9. The van der Waals surface area contributed by atoms with Crippen LogP contribution >= 0.6 is 0 Å². The van der Waals surface area contributed by atoms with Crippen LogP contribution in [0, 0.1) is 23.0 Å². The fraction of sp³-hybridized carbons (Fsp3) is 0.333. The van der Waals surface area contributed by atoms with Gasteiger partial charge in [0.05, 0.1) is 18.2 Å². The van der Waals surface area contributed by atoms with E-state index >= 15 is 0 Å². The molecule has 0 spiro atoms. The number of nitriles is 1. The van der Waals surface area contributed by atoms with Crippen molar-refractivity contribution in [2.24, 2.45) is 0 Å². The van der Waals surface area contributed by atoms with Gasteiger partial charge in [-0.3, -0.25) is 4.79 Å². The molecule has 6 heteroatoms. The van der Waals surface area contributed by atoms with Gasteiger partial charge in [-0.05, 0) is 19.1 Å². The minimum Gasteiger partial charge on any atom is -0.355 e. The first-order valence-corrected chi connectivity index (χ1v) is 5.44. The monoisotopic (exact) mass is 253 g/mol. The molecule has 96 valence electrons. The SMILES string of the molecule is CCNC(=O)CNCc1c(F)cc(C#N)cc1F. The average Bonchev–Trinajstić information content (AvgIpc) is 2.32. The lowest BCUT2D eigenvalue weighted by atomic mass is 10.1. The summed E-state index contributed by atoms with van der Waals surface area (Å²) in [7, 11) is 0. The third-order valence-electron chi connectivity index (χ3n) is 2.23. The first-order valence-electron chi connectivity index (χ1n) is 5.44. The second-order valence-corrected chi connectivity index (χ2v) is 3.59. The van der Waals surface area contributed by atoms with Crippen LogP contribution in [0.1, 0.15) is 18.1 Å². The van der Waals surface area contributed by atoms with E-state index in [1.165, 1.54) is 0 Å². The highest BCUT2D eigenvalue weighted by molar-refractivity contribution is 5.77. The smallest absolute Gasteiger partial charge is 0.233 e. The molecule has 18 heavy (non-hydrogen) atoms. The highest BCUT2D eigenvalue weighted by atomic mass is 19.1. The van der Waals surface area contributed by atoms with Gasteiger partial charge >= 0.3 is 0 Å². The van der Waals surface area contributed by atoms with Gasteiger partial charge in [0.25, 0.3) is 0 Å². The van der Waals surface area contributed by atoms with E-state index in [0.29, 0.717) is 6.54 Å². The van der Waals surface area contributed by atoms with Crippen molar-refractivity contribution >= 4 is 5.91 Å². The van der Waals surface area contributed by atoms with Gasteiger partial charge in [0, 0.05) is 18.7 Å². The standard InChI is InChI=1S/C12H13F2N3O/c1-2-17-12(18)7-16-6-9-10(13)3-8(5-15)4-11(9)14/h3-4,16H,2,6-7H2,1H3,(H,17,18). The zero-order valence-electron chi connectivity index (χ0n) is 9.89. The summed E-state index contributed by atoms with van der Waals surface area (Å²) in [5.74, 6) is -1.84. The van der Waals surface area contributed by atoms with Crippen molar-refractivity contribution < 1.29 is 13.6 Å². The fourth-order valence-corrected chi connectivity index (χ4v) is 1.40. The Balaban J connectivity index is 2.63. The van der Waals surface area contributed by atoms with Crippen molar-refractivity contribution in [2.75, 3.05) is 13.1 Å². The zero-order chi connectivity index (χ0) is 13.5. The lowest BCUT2D eigenvalue weighted by Gasteiger charge is -2.07. The Labute approximate surface area is 104 Å². The quantitative estimate of drug-likeness (QED) is 0.824. The zero-order valence-corrected chi connectivity index (χ0v) is 9.89. The van der Waals surface area contributed by atoms with E-state index in [-0.39, 0.29) is 30.1 Å². The van der Waals surface area contributed by atoms with Crippen molar-refractivity contribution in [3.05, 3.63) is 34.9 Å². The van der Waals surface area contributed by atoms with Gasteiger partial charge in [-0.2, -0.15) is 5.26 Å². The van der Waals surface area contributed by atoms with Gasteiger partial charge in [0.2, 0.25) is 5.91 Å². The number of nitrogens with zero attached hydrogens (tertiary/aromatic N) is 1. The van der Waals surface area contributed by atoms with E-state index in [9.17, 15) is 13.6 Å². The normalized spacial score (nSPS) is 9.89.